The van der Waals surface area contributed by atoms with E-state index in [4.69, 9.17) is 0 Å². The van der Waals surface area contributed by atoms with E-state index >= 15 is 0 Å². The van der Waals surface area contributed by atoms with Crippen molar-refractivity contribution in [2.24, 2.45) is 0 Å². The molecule has 1 unspecified atom stereocenters. The second-order valence-corrected chi connectivity index (χ2v) is 5.04. The molecule has 1 aromatic heterocycles. The fraction of sp³-hybridized carbons (Fsp3) is 0.467. The first kappa shape index (κ1) is 14.7. The highest BCUT2D eigenvalue weighted by Gasteiger charge is 2.29. The van der Waals surface area contributed by atoms with Gasteiger partial charge in [0.05, 0.1) is 12.1 Å². The number of benzene rings is 1. The fourth-order valence-electron chi connectivity index (χ4n) is 2.49. The SMILES string of the molecule is CNC(CO)(CCn1nc(C)nc1C)c1ccccc1. The first-order chi connectivity index (χ1) is 9.61. The van der Waals surface area contributed by atoms with Crippen molar-refractivity contribution >= 4 is 0 Å². The molecule has 0 aliphatic carbocycles. The first-order valence-electron chi connectivity index (χ1n) is 6.84. The van der Waals surface area contributed by atoms with E-state index < -0.39 is 5.54 Å². The Hall–Kier alpha value is -1.72. The van der Waals surface area contributed by atoms with Gasteiger partial charge in [-0.15, -0.1) is 0 Å². The third-order valence-electron chi connectivity index (χ3n) is 3.79. The van der Waals surface area contributed by atoms with E-state index in [-0.39, 0.29) is 6.61 Å². The van der Waals surface area contributed by atoms with Crippen molar-refractivity contribution in [3.8, 4) is 0 Å². The predicted molar refractivity (Wildman–Crippen MR) is 78.4 cm³/mol. The van der Waals surface area contributed by atoms with Crippen LogP contribution >= 0.6 is 0 Å². The molecule has 1 atom stereocenters. The number of aliphatic hydroxyl groups excluding tert-OH is 1. The van der Waals surface area contributed by atoms with Crippen molar-refractivity contribution in [3.63, 3.8) is 0 Å². The van der Waals surface area contributed by atoms with E-state index in [0.29, 0.717) is 6.54 Å². The van der Waals surface area contributed by atoms with Gasteiger partial charge >= 0.3 is 0 Å². The van der Waals surface area contributed by atoms with Crippen LogP contribution in [-0.4, -0.2) is 33.5 Å². The maximum absolute atomic E-state index is 9.87. The molecule has 0 saturated heterocycles. The van der Waals surface area contributed by atoms with Crippen LogP contribution < -0.4 is 5.32 Å². The zero-order chi connectivity index (χ0) is 14.6. The van der Waals surface area contributed by atoms with E-state index in [9.17, 15) is 5.11 Å². The molecule has 5 nitrogen and oxygen atoms in total. The topological polar surface area (TPSA) is 63.0 Å². The van der Waals surface area contributed by atoms with Crippen LogP contribution in [0.4, 0.5) is 0 Å². The quantitative estimate of drug-likeness (QED) is 0.835. The first-order valence-corrected chi connectivity index (χ1v) is 6.84. The summed E-state index contributed by atoms with van der Waals surface area (Å²) in [4.78, 5) is 4.31. The highest BCUT2D eigenvalue weighted by molar-refractivity contribution is 5.24. The molecule has 5 heteroatoms. The molecule has 0 radical (unpaired) electrons. The molecule has 2 rings (SSSR count). The van der Waals surface area contributed by atoms with Gasteiger partial charge in [0, 0.05) is 6.54 Å². The van der Waals surface area contributed by atoms with Crippen molar-refractivity contribution in [2.45, 2.75) is 32.4 Å². The molecule has 2 aromatic rings. The molecular formula is C15H22N4O. The van der Waals surface area contributed by atoms with E-state index in [2.05, 4.69) is 15.4 Å². The lowest BCUT2D eigenvalue weighted by molar-refractivity contribution is 0.152. The summed E-state index contributed by atoms with van der Waals surface area (Å²) in [5.41, 5.74) is 0.632. The largest absolute Gasteiger partial charge is 0.394 e. The van der Waals surface area contributed by atoms with Gasteiger partial charge in [0.1, 0.15) is 11.6 Å². The summed E-state index contributed by atoms with van der Waals surface area (Å²) in [5.74, 6) is 1.68. The van der Waals surface area contributed by atoms with Gasteiger partial charge in [-0.1, -0.05) is 30.3 Å². The lowest BCUT2D eigenvalue weighted by atomic mass is 9.87. The number of nitrogens with zero attached hydrogens (tertiary/aromatic N) is 3. The smallest absolute Gasteiger partial charge is 0.147 e. The third kappa shape index (κ3) is 2.89. The van der Waals surface area contributed by atoms with Crippen LogP contribution in [0.15, 0.2) is 30.3 Å². The Kier molecular flexibility index (Phi) is 4.52. The molecule has 1 heterocycles. The molecule has 0 saturated carbocycles. The predicted octanol–water partition coefficient (Wildman–Crippen LogP) is 1.39. The van der Waals surface area contributed by atoms with Crippen LogP contribution in [-0.2, 0) is 12.1 Å². The molecule has 2 N–H and O–H groups in total. The molecule has 20 heavy (non-hydrogen) atoms. The monoisotopic (exact) mass is 274 g/mol. The number of hydrogen-bond donors (Lipinski definition) is 2. The lowest BCUT2D eigenvalue weighted by Gasteiger charge is -2.32. The molecule has 0 aliphatic heterocycles. The standard InChI is InChI=1S/C15H22N4O/c1-12-17-13(2)19(18-12)10-9-15(11-20,16-3)14-7-5-4-6-8-14/h4-8,16,20H,9-11H2,1-3H3. The van der Waals surface area contributed by atoms with Crippen LogP contribution in [0.3, 0.4) is 0 Å². The van der Waals surface area contributed by atoms with E-state index in [1.807, 2.05) is 55.9 Å². The van der Waals surface area contributed by atoms with Crippen molar-refractivity contribution in [1.82, 2.24) is 20.1 Å². The molecule has 0 fully saturated rings. The molecule has 0 amide bonds. The minimum atomic E-state index is -0.451. The summed E-state index contributed by atoms with van der Waals surface area (Å²) in [6.45, 7) is 4.59. The second-order valence-electron chi connectivity index (χ2n) is 5.04. The number of rotatable bonds is 6. The van der Waals surface area contributed by atoms with Gasteiger partial charge in [-0.2, -0.15) is 5.10 Å². The number of nitrogens with one attached hydrogen (secondary N) is 1. The van der Waals surface area contributed by atoms with E-state index in [1.54, 1.807) is 0 Å². The van der Waals surface area contributed by atoms with Crippen LogP contribution in [0.2, 0.25) is 0 Å². The Morgan fingerprint density at radius 3 is 2.45 bits per heavy atom. The normalized spacial score (nSPS) is 14.2. The van der Waals surface area contributed by atoms with Gasteiger partial charge in [-0.25, -0.2) is 4.98 Å². The molecule has 1 aromatic carbocycles. The van der Waals surface area contributed by atoms with Crippen molar-refractivity contribution < 1.29 is 5.11 Å². The minimum absolute atomic E-state index is 0.0419. The number of hydrogen-bond acceptors (Lipinski definition) is 4. The molecule has 108 valence electrons. The average Bonchev–Trinajstić information content (AvgIpc) is 2.80. The summed E-state index contributed by atoms with van der Waals surface area (Å²) in [5, 5.41) is 17.5. The van der Waals surface area contributed by atoms with Crippen LogP contribution in [0.5, 0.6) is 0 Å². The average molecular weight is 274 g/mol. The minimum Gasteiger partial charge on any atom is -0.394 e. The lowest BCUT2D eigenvalue weighted by Crippen LogP contribution is -2.44. The highest BCUT2D eigenvalue weighted by Crippen LogP contribution is 2.25. The van der Waals surface area contributed by atoms with Gasteiger partial charge in [-0.3, -0.25) is 4.68 Å². The summed E-state index contributed by atoms with van der Waals surface area (Å²) in [6.07, 6.45) is 0.744. The summed E-state index contributed by atoms with van der Waals surface area (Å²) in [7, 11) is 1.88. The van der Waals surface area contributed by atoms with Gasteiger partial charge in [0.2, 0.25) is 0 Å². The molecule has 0 bridgehead atoms. The third-order valence-corrected chi connectivity index (χ3v) is 3.79. The zero-order valence-electron chi connectivity index (χ0n) is 12.3. The van der Waals surface area contributed by atoms with Crippen molar-refractivity contribution in [1.29, 1.82) is 0 Å². The maximum atomic E-state index is 9.87. The Morgan fingerprint density at radius 1 is 1.25 bits per heavy atom. The molecule has 0 spiro atoms. The Bertz CT molecular complexity index is 546. The number of likely N-dealkylation sites (N-methyl/N-ethyl adjacent to an activating group) is 1. The van der Waals surface area contributed by atoms with Crippen molar-refractivity contribution in [3.05, 3.63) is 47.5 Å². The summed E-state index contributed by atoms with van der Waals surface area (Å²) < 4.78 is 1.89. The summed E-state index contributed by atoms with van der Waals surface area (Å²) in [6, 6.07) is 10.0. The van der Waals surface area contributed by atoms with Crippen molar-refractivity contribution in [2.75, 3.05) is 13.7 Å². The highest BCUT2D eigenvalue weighted by atomic mass is 16.3. The van der Waals surface area contributed by atoms with Crippen LogP contribution in [0.1, 0.15) is 23.6 Å². The van der Waals surface area contributed by atoms with Crippen LogP contribution in [0.25, 0.3) is 0 Å². The van der Waals surface area contributed by atoms with E-state index in [1.165, 1.54) is 0 Å². The van der Waals surface area contributed by atoms with Gasteiger partial charge in [-0.05, 0) is 32.9 Å². The van der Waals surface area contributed by atoms with Gasteiger partial charge in [0.25, 0.3) is 0 Å². The fourth-order valence-corrected chi connectivity index (χ4v) is 2.49. The van der Waals surface area contributed by atoms with Gasteiger partial charge in [0.15, 0.2) is 0 Å². The Balaban J connectivity index is 2.20. The van der Waals surface area contributed by atoms with Gasteiger partial charge < -0.3 is 10.4 Å². The number of aryl methyl sites for hydroxylation is 3. The Morgan fingerprint density at radius 2 is 1.95 bits per heavy atom. The maximum Gasteiger partial charge on any atom is 0.147 e. The number of aromatic nitrogens is 3. The number of aliphatic hydroxyl groups is 1. The van der Waals surface area contributed by atoms with E-state index in [0.717, 1.165) is 23.6 Å². The summed E-state index contributed by atoms with van der Waals surface area (Å²) >= 11 is 0. The van der Waals surface area contributed by atoms with Crippen LogP contribution in [0, 0.1) is 13.8 Å². The zero-order valence-corrected chi connectivity index (χ0v) is 12.3. The molecular weight excluding hydrogens is 252 g/mol. The molecule has 0 aliphatic rings. The second kappa shape index (κ2) is 6.15. The Labute approximate surface area is 119 Å².